The Bertz CT molecular complexity index is 1060. The predicted octanol–water partition coefficient (Wildman–Crippen LogP) is 3.00. The molecular formula is C20H24ClN3O7S. The predicted molar refractivity (Wildman–Crippen MR) is 121 cm³/mol. The Balaban J connectivity index is 1.86. The first-order valence-corrected chi connectivity index (χ1v) is 11.8. The second-order valence-corrected chi connectivity index (χ2v) is 9.02. The van der Waals surface area contributed by atoms with Gasteiger partial charge in [0.2, 0.25) is 15.9 Å². The van der Waals surface area contributed by atoms with Crippen molar-refractivity contribution in [3.63, 3.8) is 0 Å². The summed E-state index contributed by atoms with van der Waals surface area (Å²) in [5.41, 5.74) is -0.290. The van der Waals surface area contributed by atoms with Gasteiger partial charge in [-0.2, -0.15) is 0 Å². The molecule has 0 fully saturated rings. The third-order valence-corrected chi connectivity index (χ3v) is 5.81. The van der Waals surface area contributed by atoms with Gasteiger partial charge in [-0.25, -0.2) is 8.42 Å². The number of carbonyl (C=O) groups excluding carboxylic acids is 1. The molecule has 2 aromatic rings. The SMILES string of the molecule is COc1cccc(OCCNC(=O)CCCN(c2cc([N+](=O)[O-])ccc2Cl)S(C)(=O)=O)c1. The smallest absolute Gasteiger partial charge is 0.271 e. The molecule has 0 spiro atoms. The van der Waals surface area contributed by atoms with E-state index in [2.05, 4.69) is 5.32 Å². The maximum absolute atomic E-state index is 12.2. The number of halogens is 1. The van der Waals surface area contributed by atoms with Gasteiger partial charge in [0.1, 0.15) is 18.1 Å². The molecule has 174 valence electrons. The molecule has 0 aromatic heterocycles. The van der Waals surface area contributed by atoms with E-state index in [4.69, 9.17) is 21.1 Å². The fourth-order valence-electron chi connectivity index (χ4n) is 2.79. The third-order valence-electron chi connectivity index (χ3n) is 4.31. The Hall–Kier alpha value is -3.05. The molecule has 0 atom stereocenters. The van der Waals surface area contributed by atoms with Gasteiger partial charge in [-0.05, 0) is 24.6 Å². The topological polar surface area (TPSA) is 128 Å². The summed E-state index contributed by atoms with van der Waals surface area (Å²) in [7, 11) is -2.22. The zero-order chi connectivity index (χ0) is 23.7. The minimum Gasteiger partial charge on any atom is -0.497 e. The zero-order valence-electron chi connectivity index (χ0n) is 17.6. The van der Waals surface area contributed by atoms with E-state index < -0.39 is 14.9 Å². The Kier molecular flexibility index (Phi) is 9.09. The zero-order valence-corrected chi connectivity index (χ0v) is 19.2. The van der Waals surface area contributed by atoms with Crippen molar-refractivity contribution in [1.82, 2.24) is 5.32 Å². The quantitative estimate of drug-likeness (QED) is 0.278. The lowest BCUT2D eigenvalue weighted by atomic mass is 10.2. The summed E-state index contributed by atoms with van der Waals surface area (Å²) in [5.74, 6) is 0.986. The molecule has 1 N–H and O–H groups in total. The van der Waals surface area contributed by atoms with Crippen LogP contribution in [0.1, 0.15) is 12.8 Å². The Labute approximate surface area is 191 Å². The lowest BCUT2D eigenvalue weighted by Crippen LogP contribution is -2.33. The Morgan fingerprint density at radius 3 is 2.59 bits per heavy atom. The number of nitro benzene ring substituents is 1. The van der Waals surface area contributed by atoms with Gasteiger partial charge in [-0.15, -0.1) is 0 Å². The van der Waals surface area contributed by atoms with Crippen molar-refractivity contribution in [2.75, 3.05) is 37.4 Å². The molecule has 0 saturated heterocycles. The first-order valence-electron chi connectivity index (χ1n) is 9.57. The van der Waals surface area contributed by atoms with Crippen molar-refractivity contribution in [2.45, 2.75) is 12.8 Å². The molecule has 0 heterocycles. The molecule has 0 aliphatic carbocycles. The molecule has 0 aliphatic rings. The fraction of sp³-hybridized carbons (Fsp3) is 0.350. The van der Waals surface area contributed by atoms with Crippen LogP contribution >= 0.6 is 11.6 Å². The summed E-state index contributed by atoms with van der Waals surface area (Å²) in [6.45, 7) is 0.452. The number of rotatable bonds is 12. The third kappa shape index (κ3) is 7.57. The van der Waals surface area contributed by atoms with Crippen molar-refractivity contribution in [3.8, 4) is 11.5 Å². The van der Waals surface area contributed by atoms with Crippen LogP contribution in [-0.2, 0) is 14.8 Å². The summed E-state index contributed by atoms with van der Waals surface area (Å²) in [4.78, 5) is 22.4. The molecule has 1 amide bonds. The van der Waals surface area contributed by atoms with Gasteiger partial charge in [0.05, 0.1) is 35.5 Å². The van der Waals surface area contributed by atoms with Crippen molar-refractivity contribution in [2.24, 2.45) is 0 Å². The van der Waals surface area contributed by atoms with Crippen molar-refractivity contribution < 1.29 is 27.6 Å². The van der Waals surface area contributed by atoms with E-state index in [0.717, 1.165) is 16.6 Å². The lowest BCUT2D eigenvalue weighted by Gasteiger charge is -2.23. The van der Waals surface area contributed by atoms with Crippen LogP contribution in [-0.4, -0.2) is 52.3 Å². The largest absolute Gasteiger partial charge is 0.497 e. The number of benzene rings is 2. The number of non-ortho nitro benzene ring substituents is 1. The molecule has 0 aliphatic heterocycles. The van der Waals surface area contributed by atoms with E-state index in [1.165, 1.54) is 12.1 Å². The lowest BCUT2D eigenvalue weighted by molar-refractivity contribution is -0.384. The minimum atomic E-state index is -3.77. The second kappa shape index (κ2) is 11.5. The first kappa shape index (κ1) is 25.2. The molecule has 10 nitrogen and oxygen atoms in total. The fourth-order valence-corrected chi connectivity index (χ4v) is 4.03. The maximum Gasteiger partial charge on any atom is 0.271 e. The Morgan fingerprint density at radius 1 is 1.22 bits per heavy atom. The van der Waals surface area contributed by atoms with E-state index in [0.29, 0.717) is 11.5 Å². The van der Waals surface area contributed by atoms with E-state index in [-0.39, 0.29) is 54.8 Å². The molecule has 2 aromatic carbocycles. The number of nitrogens with zero attached hydrogens (tertiary/aromatic N) is 2. The van der Waals surface area contributed by atoms with Crippen molar-refractivity contribution in [3.05, 3.63) is 57.6 Å². The number of methoxy groups -OCH3 is 1. The number of sulfonamides is 1. The van der Waals surface area contributed by atoms with Crippen LogP contribution in [0.2, 0.25) is 5.02 Å². The number of nitro groups is 1. The molecule has 0 saturated carbocycles. The average molecular weight is 486 g/mol. The van der Waals surface area contributed by atoms with E-state index in [9.17, 15) is 23.3 Å². The molecule has 0 unspecified atom stereocenters. The maximum atomic E-state index is 12.2. The highest BCUT2D eigenvalue weighted by molar-refractivity contribution is 7.92. The molecule has 32 heavy (non-hydrogen) atoms. The van der Waals surface area contributed by atoms with Crippen LogP contribution in [0.15, 0.2) is 42.5 Å². The van der Waals surface area contributed by atoms with Gasteiger partial charge in [0.15, 0.2) is 0 Å². The number of nitrogens with one attached hydrogen (secondary N) is 1. The number of carbonyl (C=O) groups is 1. The monoisotopic (exact) mass is 485 g/mol. The summed E-state index contributed by atoms with van der Waals surface area (Å²) >= 11 is 6.07. The van der Waals surface area contributed by atoms with Gasteiger partial charge < -0.3 is 14.8 Å². The highest BCUT2D eigenvalue weighted by Crippen LogP contribution is 2.31. The van der Waals surface area contributed by atoms with Crippen LogP contribution in [0.4, 0.5) is 11.4 Å². The van der Waals surface area contributed by atoms with Gasteiger partial charge >= 0.3 is 0 Å². The summed E-state index contributed by atoms with van der Waals surface area (Å²) in [6, 6.07) is 10.6. The average Bonchev–Trinajstić information content (AvgIpc) is 2.74. The van der Waals surface area contributed by atoms with Crippen LogP contribution in [0.3, 0.4) is 0 Å². The van der Waals surface area contributed by atoms with E-state index >= 15 is 0 Å². The molecule has 2 rings (SSSR count). The van der Waals surface area contributed by atoms with E-state index in [1.807, 2.05) is 0 Å². The Morgan fingerprint density at radius 2 is 1.94 bits per heavy atom. The summed E-state index contributed by atoms with van der Waals surface area (Å²) < 4.78 is 36.0. The van der Waals surface area contributed by atoms with E-state index in [1.54, 1.807) is 31.4 Å². The number of hydrogen-bond donors (Lipinski definition) is 1. The first-order chi connectivity index (χ1) is 15.1. The minimum absolute atomic E-state index is 0.00420. The summed E-state index contributed by atoms with van der Waals surface area (Å²) in [6.07, 6.45) is 1.21. The highest BCUT2D eigenvalue weighted by atomic mass is 35.5. The van der Waals surface area contributed by atoms with Gasteiger partial charge in [-0.3, -0.25) is 19.2 Å². The van der Waals surface area contributed by atoms with Crippen molar-refractivity contribution >= 4 is 38.9 Å². The molecule has 0 radical (unpaired) electrons. The number of anilines is 1. The standard InChI is InChI=1S/C20H24ClN3O7S/c1-30-16-5-3-6-17(14-16)31-12-10-22-20(25)7-4-11-23(32(2,28)29)19-13-15(24(26)27)8-9-18(19)21/h3,5-6,8-9,13-14H,4,7,10-12H2,1-2H3,(H,22,25). The molecular weight excluding hydrogens is 462 g/mol. The van der Waals surface area contributed by atoms with Crippen LogP contribution < -0.4 is 19.1 Å². The van der Waals surface area contributed by atoms with Crippen LogP contribution in [0.25, 0.3) is 0 Å². The number of amides is 1. The van der Waals surface area contributed by atoms with Crippen LogP contribution in [0.5, 0.6) is 11.5 Å². The van der Waals surface area contributed by atoms with Crippen molar-refractivity contribution in [1.29, 1.82) is 0 Å². The number of hydrogen-bond acceptors (Lipinski definition) is 7. The van der Waals surface area contributed by atoms with Gasteiger partial charge in [0, 0.05) is 31.2 Å². The number of ether oxygens (including phenoxy) is 2. The van der Waals surface area contributed by atoms with Crippen LogP contribution in [0, 0.1) is 10.1 Å². The van der Waals surface area contributed by atoms with Gasteiger partial charge in [0.25, 0.3) is 5.69 Å². The van der Waals surface area contributed by atoms with Gasteiger partial charge in [-0.1, -0.05) is 17.7 Å². The highest BCUT2D eigenvalue weighted by Gasteiger charge is 2.22. The molecule has 12 heteroatoms. The second-order valence-electron chi connectivity index (χ2n) is 6.71. The normalized spacial score (nSPS) is 11.0. The molecule has 0 bridgehead atoms. The summed E-state index contributed by atoms with van der Waals surface area (Å²) in [5, 5.41) is 13.8.